The van der Waals surface area contributed by atoms with Crippen molar-refractivity contribution in [1.29, 1.82) is 0 Å². The summed E-state index contributed by atoms with van der Waals surface area (Å²) < 4.78 is 16.8. The highest BCUT2D eigenvalue weighted by Gasteiger charge is 2.25. The molecule has 1 aliphatic rings. The van der Waals surface area contributed by atoms with Gasteiger partial charge in [0, 0.05) is 6.04 Å². The Morgan fingerprint density at radius 3 is 2.90 bits per heavy atom. The Morgan fingerprint density at radius 2 is 2.25 bits per heavy atom. The van der Waals surface area contributed by atoms with Gasteiger partial charge in [-0.2, -0.15) is 0 Å². The van der Waals surface area contributed by atoms with Crippen molar-refractivity contribution in [3.8, 4) is 5.75 Å². The maximum Gasteiger partial charge on any atom is 0.122 e. The quantitative estimate of drug-likeness (QED) is 0.864. The smallest absolute Gasteiger partial charge is 0.122 e. The lowest BCUT2D eigenvalue weighted by Crippen LogP contribution is -2.47. The molecule has 1 aliphatic heterocycles. The van der Waals surface area contributed by atoms with Crippen LogP contribution in [0.4, 0.5) is 0 Å². The zero-order chi connectivity index (χ0) is 14.4. The fourth-order valence-electron chi connectivity index (χ4n) is 2.64. The fourth-order valence-corrected chi connectivity index (χ4v) is 2.64. The molecule has 0 aliphatic carbocycles. The molecule has 1 N–H and O–H groups in total. The number of aryl methyl sites for hydroxylation is 1. The van der Waals surface area contributed by atoms with E-state index in [-0.39, 0.29) is 12.1 Å². The topological polar surface area (TPSA) is 39.7 Å². The molecule has 2 unspecified atom stereocenters. The lowest BCUT2D eigenvalue weighted by Gasteiger charge is -2.31. The first-order chi connectivity index (χ1) is 9.74. The number of methoxy groups -OCH3 is 1. The van der Waals surface area contributed by atoms with E-state index in [0.29, 0.717) is 19.8 Å². The molecule has 4 heteroatoms. The molecule has 0 amide bonds. The predicted octanol–water partition coefficient (Wildman–Crippen LogP) is 1.94. The number of benzene rings is 1. The van der Waals surface area contributed by atoms with Gasteiger partial charge in [0.2, 0.25) is 0 Å². The van der Waals surface area contributed by atoms with Crippen LogP contribution in [0.3, 0.4) is 0 Å². The van der Waals surface area contributed by atoms with E-state index in [1.54, 1.807) is 7.11 Å². The van der Waals surface area contributed by atoms with Gasteiger partial charge < -0.3 is 19.5 Å². The van der Waals surface area contributed by atoms with Gasteiger partial charge in [-0.05, 0) is 31.5 Å². The van der Waals surface area contributed by atoms with Crippen molar-refractivity contribution in [3.05, 3.63) is 29.3 Å². The highest BCUT2D eigenvalue weighted by atomic mass is 16.6. The summed E-state index contributed by atoms with van der Waals surface area (Å²) in [7, 11) is 1.72. The second-order valence-electron chi connectivity index (χ2n) is 5.17. The van der Waals surface area contributed by atoms with Gasteiger partial charge in [0.25, 0.3) is 0 Å². The van der Waals surface area contributed by atoms with Crippen LogP contribution in [0.15, 0.2) is 18.2 Å². The molecule has 1 fully saturated rings. The maximum absolute atomic E-state index is 5.84. The zero-order valence-electron chi connectivity index (χ0n) is 12.6. The lowest BCUT2D eigenvalue weighted by molar-refractivity contribution is -0.101. The third-order valence-electron chi connectivity index (χ3n) is 3.63. The molecule has 0 radical (unpaired) electrons. The molecule has 1 saturated heterocycles. The van der Waals surface area contributed by atoms with Gasteiger partial charge >= 0.3 is 0 Å². The second-order valence-corrected chi connectivity index (χ2v) is 5.17. The van der Waals surface area contributed by atoms with Crippen molar-refractivity contribution in [2.75, 3.05) is 33.5 Å². The largest absolute Gasteiger partial charge is 0.496 e. The summed E-state index contributed by atoms with van der Waals surface area (Å²) in [5.74, 6) is 0.940. The summed E-state index contributed by atoms with van der Waals surface area (Å²) in [6, 6.07) is 6.54. The molecular weight excluding hydrogens is 254 g/mol. The van der Waals surface area contributed by atoms with E-state index >= 15 is 0 Å². The SMILES string of the molecule is CCNC(Cc1cc(C)ccc1OC)C1COCCO1. The van der Waals surface area contributed by atoms with Gasteiger partial charge in [-0.1, -0.05) is 24.6 Å². The standard InChI is InChI=1S/C16H25NO3/c1-4-17-14(16-11-19-7-8-20-16)10-13-9-12(2)5-6-15(13)18-3/h5-6,9,14,16-17H,4,7-8,10-11H2,1-3H3. The van der Waals surface area contributed by atoms with Crippen molar-refractivity contribution in [3.63, 3.8) is 0 Å². The molecule has 1 aromatic carbocycles. The number of ether oxygens (including phenoxy) is 3. The van der Waals surface area contributed by atoms with E-state index in [1.807, 2.05) is 6.07 Å². The maximum atomic E-state index is 5.84. The number of hydrogen-bond donors (Lipinski definition) is 1. The molecule has 2 rings (SSSR count). The van der Waals surface area contributed by atoms with Gasteiger partial charge in [-0.3, -0.25) is 0 Å². The van der Waals surface area contributed by atoms with Gasteiger partial charge in [-0.25, -0.2) is 0 Å². The Balaban J connectivity index is 2.12. The third kappa shape index (κ3) is 3.95. The Labute approximate surface area is 121 Å². The molecule has 1 heterocycles. The van der Waals surface area contributed by atoms with Crippen molar-refractivity contribution in [1.82, 2.24) is 5.32 Å². The monoisotopic (exact) mass is 279 g/mol. The Morgan fingerprint density at radius 1 is 1.40 bits per heavy atom. The number of hydrogen-bond acceptors (Lipinski definition) is 4. The van der Waals surface area contributed by atoms with Crippen LogP contribution in [0.5, 0.6) is 5.75 Å². The van der Waals surface area contributed by atoms with Crippen LogP contribution in [-0.2, 0) is 15.9 Å². The van der Waals surface area contributed by atoms with Gasteiger partial charge in [-0.15, -0.1) is 0 Å². The van der Waals surface area contributed by atoms with Crippen molar-refractivity contribution in [2.24, 2.45) is 0 Å². The second kappa shape index (κ2) is 7.62. The summed E-state index contributed by atoms with van der Waals surface area (Å²) in [4.78, 5) is 0. The highest BCUT2D eigenvalue weighted by molar-refractivity contribution is 5.37. The Bertz CT molecular complexity index is 416. The molecule has 4 nitrogen and oxygen atoms in total. The van der Waals surface area contributed by atoms with Crippen LogP contribution >= 0.6 is 0 Å². The van der Waals surface area contributed by atoms with Crippen molar-refractivity contribution in [2.45, 2.75) is 32.4 Å². The van der Waals surface area contributed by atoms with Crippen molar-refractivity contribution < 1.29 is 14.2 Å². The normalized spacial score (nSPS) is 20.6. The first kappa shape index (κ1) is 15.3. The fraction of sp³-hybridized carbons (Fsp3) is 0.625. The summed E-state index contributed by atoms with van der Waals surface area (Å²) in [5.41, 5.74) is 2.46. The van der Waals surface area contributed by atoms with Gasteiger partial charge in [0.15, 0.2) is 0 Å². The minimum Gasteiger partial charge on any atom is -0.496 e. The van der Waals surface area contributed by atoms with Crippen LogP contribution in [0.25, 0.3) is 0 Å². The van der Waals surface area contributed by atoms with E-state index in [4.69, 9.17) is 14.2 Å². The van der Waals surface area contributed by atoms with Crippen molar-refractivity contribution >= 4 is 0 Å². The van der Waals surface area contributed by atoms with Crippen LogP contribution in [0, 0.1) is 6.92 Å². The summed E-state index contributed by atoms with van der Waals surface area (Å²) >= 11 is 0. The molecule has 1 aromatic rings. The van der Waals surface area contributed by atoms with E-state index in [9.17, 15) is 0 Å². The zero-order valence-corrected chi connectivity index (χ0v) is 12.6. The predicted molar refractivity (Wildman–Crippen MR) is 79.5 cm³/mol. The van der Waals surface area contributed by atoms with Crippen LogP contribution < -0.4 is 10.1 Å². The molecular formula is C16H25NO3. The van der Waals surface area contributed by atoms with E-state index in [1.165, 1.54) is 11.1 Å². The molecule has 0 bridgehead atoms. The van der Waals surface area contributed by atoms with Gasteiger partial charge in [0.1, 0.15) is 5.75 Å². The molecule has 112 valence electrons. The Kier molecular flexibility index (Phi) is 5.83. The Hall–Kier alpha value is -1.10. The van der Waals surface area contributed by atoms with Crippen LogP contribution in [0.2, 0.25) is 0 Å². The summed E-state index contributed by atoms with van der Waals surface area (Å²) in [5, 5.41) is 3.51. The number of nitrogens with one attached hydrogen (secondary N) is 1. The van der Waals surface area contributed by atoms with Gasteiger partial charge in [0.05, 0.1) is 33.0 Å². The summed E-state index contributed by atoms with van der Waals surface area (Å²) in [6.07, 6.45) is 0.987. The van der Waals surface area contributed by atoms with E-state index in [2.05, 4.69) is 31.3 Å². The molecule has 20 heavy (non-hydrogen) atoms. The molecule has 0 saturated carbocycles. The summed E-state index contributed by atoms with van der Waals surface area (Å²) in [6.45, 7) is 7.17. The third-order valence-corrected chi connectivity index (χ3v) is 3.63. The lowest BCUT2D eigenvalue weighted by atomic mass is 9.98. The average molecular weight is 279 g/mol. The van der Waals surface area contributed by atoms with E-state index < -0.39 is 0 Å². The van der Waals surface area contributed by atoms with Crippen LogP contribution in [-0.4, -0.2) is 45.6 Å². The van der Waals surface area contributed by atoms with E-state index in [0.717, 1.165) is 18.7 Å². The molecule has 0 aromatic heterocycles. The minimum atomic E-state index is 0.105. The molecule has 0 spiro atoms. The first-order valence-electron chi connectivity index (χ1n) is 7.30. The average Bonchev–Trinajstić information content (AvgIpc) is 2.48. The number of likely N-dealkylation sites (N-methyl/N-ethyl adjacent to an activating group) is 1. The first-order valence-corrected chi connectivity index (χ1v) is 7.30. The van der Waals surface area contributed by atoms with Crippen LogP contribution in [0.1, 0.15) is 18.1 Å². The highest BCUT2D eigenvalue weighted by Crippen LogP contribution is 2.23. The molecule has 2 atom stereocenters. The number of rotatable bonds is 6. The minimum absolute atomic E-state index is 0.105.